The van der Waals surface area contributed by atoms with Gasteiger partial charge in [0.2, 0.25) is 0 Å². The second-order valence-corrected chi connectivity index (χ2v) is 5.78. The lowest BCUT2D eigenvalue weighted by Crippen LogP contribution is -2.16. The molecule has 6 nitrogen and oxygen atoms in total. The molecule has 126 valence electrons. The van der Waals surface area contributed by atoms with E-state index >= 15 is 0 Å². The van der Waals surface area contributed by atoms with E-state index in [1.807, 2.05) is 27.9 Å². The van der Waals surface area contributed by atoms with E-state index in [0.29, 0.717) is 10.9 Å². The van der Waals surface area contributed by atoms with Crippen molar-refractivity contribution in [1.82, 2.24) is 9.88 Å². The number of hydrogen-bond acceptors (Lipinski definition) is 5. The van der Waals surface area contributed by atoms with Crippen molar-refractivity contribution in [2.45, 2.75) is 20.3 Å². The maximum absolute atomic E-state index is 11.4. The summed E-state index contributed by atoms with van der Waals surface area (Å²) in [6, 6.07) is 3.31. The minimum absolute atomic E-state index is 0. The van der Waals surface area contributed by atoms with Crippen LogP contribution in [0.25, 0.3) is 10.9 Å². The number of nitrogens with one attached hydrogen (secondary N) is 1. The van der Waals surface area contributed by atoms with Crippen molar-refractivity contribution < 1.29 is 4.92 Å². The second-order valence-electron chi connectivity index (χ2n) is 5.78. The van der Waals surface area contributed by atoms with Crippen LogP contribution in [0, 0.1) is 24.0 Å². The predicted molar refractivity (Wildman–Crippen MR) is 96.8 cm³/mol. The molecule has 0 bridgehead atoms. The number of hydrogen-bond donors (Lipinski definition) is 1. The number of rotatable bonds is 6. The van der Waals surface area contributed by atoms with Crippen molar-refractivity contribution in [3.63, 3.8) is 0 Å². The number of pyridine rings is 1. The largest absolute Gasteiger partial charge is 0.384 e. The molecule has 0 aliphatic carbocycles. The SMILES string of the molecule is Cc1cnc2c(C)ccc([N+](=O)[O-])c2c1NCCCN(C)C.Cl. The maximum Gasteiger partial charge on any atom is 0.280 e. The zero-order chi connectivity index (χ0) is 16.3. The smallest absolute Gasteiger partial charge is 0.280 e. The zero-order valence-corrected chi connectivity index (χ0v) is 14.7. The summed E-state index contributed by atoms with van der Waals surface area (Å²) in [5, 5.41) is 15.3. The highest BCUT2D eigenvalue weighted by Crippen LogP contribution is 2.34. The first-order chi connectivity index (χ1) is 10.4. The molecule has 1 N–H and O–H groups in total. The number of nitro benzene ring substituents is 1. The lowest BCUT2D eigenvalue weighted by Gasteiger charge is -2.15. The van der Waals surface area contributed by atoms with Gasteiger partial charge in [-0.05, 0) is 52.0 Å². The molecule has 0 aliphatic heterocycles. The van der Waals surface area contributed by atoms with E-state index in [9.17, 15) is 10.1 Å². The minimum Gasteiger partial charge on any atom is -0.384 e. The predicted octanol–water partition coefficient (Wildman–Crippen LogP) is 3.55. The fourth-order valence-corrected chi connectivity index (χ4v) is 2.51. The number of halogens is 1. The van der Waals surface area contributed by atoms with Crippen LogP contribution in [0.15, 0.2) is 18.3 Å². The molecule has 0 atom stereocenters. The number of non-ortho nitro benzene ring substituents is 1. The molecule has 0 unspecified atom stereocenters. The summed E-state index contributed by atoms with van der Waals surface area (Å²) in [5.74, 6) is 0. The van der Waals surface area contributed by atoms with Crippen LogP contribution in [0.3, 0.4) is 0 Å². The van der Waals surface area contributed by atoms with Gasteiger partial charge in [-0.15, -0.1) is 12.4 Å². The summed E-state index contributed by atoms with van der Waals surface area (Å²) in [6.45, 7) is 5.58. The fourth-order valence-electron chi connectivity index (χ4n) is 2.51. The molecule has 0 spiro atoms. The highest BCUT2D eigenvalue weighted by molar-refractivity contribution is 6.01. The van der Waals surface area contributed by atoms with Crippen LogP contribution in [-0.2, 0) is 0 Å². The molecule has 2 aromatic rings. The normalized spacial score (nSPS) is 10.7. The number of aromatic nitrogens is 1. The van der Waals surface area contributed by atoms with Crippen molar-refractivity contribution in [3.8, 4) is 0 Å². The second kappa shape index (κ2) is 8.08. The van der Waals surface area contributed by atoms with Crippen LogP contribution < -0.4 is 5.32 Å². The number of fused-ring (bicyclic) bond motifs is 1. The summed E-state index contributed by atoms with van der Waals surface area (Å²) in [5.41, 5.74) is 3.48. The summed E-state index contributed by atoms with van der Waals surface area (Å²) >= 11 is 0. The molecular formula is C16H23ClN4O2. The third-order valence-corrected chi connectivity index (χ3v) is 3.67. The van der Waals surface area contributed by atoms with E-state index in [1.54, 1.807) is 18.3 Å². The van der Waals surface area contributed by atoms with Crippen LogP contribution in [0.5, 0.6) is 0 Å². The number of anilines is 1. The van der Waals surface area contributed by atoms with E-state index in [4.69, 9.17) is 0 Å². The lowest BCUT2D eigenvalue weighted by molar-refractivity contribution is -0.383. The van der Waals surface area contributed by atoms with Crippen LogP contribution in [-0.4, -0.2) is 42.0 Å². The molecule has 7 heteroatoms. The van der Waals surface area contributed by atoms with Gasteiger partial charge in [-0.1, -0.05) is 6.07 Å². The molecule has 0 radical (unpaired) electrons. The molecule has 0 saturated carbocycles. The standard InChI is InChI=1S/C16H22N4O2.ClH/c1-11-6-7-13(20(21)22)14-15(11)18-10-12(2)16(14)17-8-5-9-19(3)4;/h6-7,10H,5,8-9H2,1-4H3,(H,17,18);1H. The Morgan fingerprint density at radius 1 is 1.26 bits per heavy atom. The minimum atomic E-state index is -0.339. The molecule has 0 saturated heterocycles. The molecule has 0 aliphatic rings. The Hall–Kier alpha value is -1.92. The van der Waals surface area contributed by atoms with Crippen LogP contribution in [0.2, 0.25) is 0 Å². The number of benzene rings is 1. The Kier molecular flexibility index (Phi) is 6.72. The lowest BCUT2D eigenvalue weighted by atomic mass is 10.0. The Bertz CT molecular complexity index is 704. The van der Waals surface area contributed by atoms with Gasteiger partial charge in [0.25, 0.3) is 5.69 Å². The Morgan fingerprint density at radius 2 is 1.96 bits per heavy atom. The van der Waals surface area contributed by atoms with Gasteiger partial charge in [0, 0.05) is 18.8 Å². The van der Waals surface area contributed by atoms with Crippen LogP contribution >= 0.6 is 12.4 Å². The summed E-state index contributed by atoms with van der Waals surface area (Å²) < 4.78 is 0. The van der Waals surface area contributed by atoms with Gasteiger partial charge in [0.05, 0.1) is 16.1 Å². The van der Waals surface area contributed by atoms with E-state index in [1.165, 1.54) is 0 Å². The van der Waals surface area contributed by atoms with E-state index < -0.39 is 0 Å². The Balaban J connectivity index is 0.00000264. The molecule has 0 amide bonds. The maximum atomic E-state index is 11.4. The Morgan fingerprint density at radius 3 is 2.57 bits per heavy atom. The van der Waals surface area contributed by atoms with Crippen LogP contribution in [0.4, 0.5) is 11.4 Å². The molecular weight excluding hydrogens is 316 g/mol. The van der Waals surface area contributed by atoms with E-state index in [0.717, 1.165) is 36.3 Å². The van der Waals surface area contributed by atoms with Gasteiger partial charge in [-0.25, -0.2) is 0 Å². The molecule has 2 rings (SSSR count). The first-order valence-corrected chi connectivity index (χ1v) is 7.33. The zero-order valence-electron chi connectivity index (χ0n) is 13.9. The fraction of sp³-hybridized carbons (Fsp3) is 0.438. The average Bonchev–Trinajstić information content (AvgIpc) is 2.45. The monoisotopic (exact) mass is 338 g/mol. The first kappa shape index (κ1) is 19.1. The van der Waals surface area contributed by atoms with Crippen molar-refractivity contribution in [2.24, 2.45) is 0 Å². The van der Waals surface area contributed by atoms with Gasteiger partial charge < -0.3 is 10.2 Å². The highest BCUT2D eigenvalue weighted by Gasteiger charge is 2.19. The number of nitro groups is 1. The third kappa shape index (κ3) is 4.30. The molecule has 0 fully saturated rings. The third-order valence-electron chi connectivity index (χ3n) is 3.67. The molecule has 1 aromatic heterocycles. The molecule has 1 heterocycles. The highest BCUT2D eigenvalue weighted by atomic mass is 35.5. The summed E-state index contributed by atoms with van der Waals surface area (Å²) in [4.78, 5) is 17.5. The average molecular weight is 339 g/mol. The van der Waals surface area contributed by atoms with Crippen molar-refractivity contribution in [3.05, 3.63) is 39.6 Å². The van der Waals surface area contributed by atoms with Crippen molar-refractivity contribution in [1.29, 1.82) is 0 Å². The molecule has 23 heavy (non-hydrogen) atoms. The van der Waals surface area contributed by atoms with Gasteiger partial charge in [0.15, 0.2) is 0 Å². The van der Waals surface area contributed by atoms with Gasteiger partial charge in [0.1, 0.15) is 5.39 Å². The molecule has 1 aromatic carbocycles. The van der Waals surface area contributed by atoms with Crippen molar-refractivity contribution >= 4 is 34.7 Å². The summed E-state index contributed by atoms with van der Waals surface area (Å²) in [7, 11) is 4.06. The quantitative estimate of drug-likeness (QED) is 0.495. The number of aryl methyl sites for hydroxylation is 2. The van der Waals surface area contributed by atoms with E-state index in [-0.39, 0.29) is 23.0 Å². The van der Waals surface area contributed by atoms with Gasteiger partial charge in [-0.3, -0.25) is 15.1 Å². The Labute approximate surface area is 142 Å². The summed E-state index contributed by atoms with van der Waals surface area (Å²) in [6.07, 6.45) is 2.74. The first-order valence-electron chi connectivity index (χ1n) is 7.33. The van der Waals surface area contributed by atoms with Crippen molar-refractivity contribution in [2.75, 3.05) is 32.5 Å². The number of nitrogens with zero attached hydrogens (tertiary/aromatic N) is 3. The van der Waals surface area contributed by atoms with Gasteiger partial charge in [-0.2, -0.15) is 0 Å². The topological polar surface area (TPSA) is 71.3 Å². The van der Waals surface area contributed by atoms with E-state index in [2.05, 4.69) is 15.2 Å². The van der Waals surface area contributed by atoms with Crippen LogP contribution in [0.1, 0.15) is 17.5 Å². The van der Waals surface area contributed by atoms with Gasteiger partial charge >= 0.3 is 0 Å².